The van der Waals surface area contributed by atoms with E-state index in [1.54, 1.807) is 43.2 Å². The summed E-state index contributed by atoms with van der Waals surface area (Å²) in [4.78, 5) is 27.5. The molecule has 0 saturated heterocycles. The van der Waals surface area contributed by atoms with Crippen molar-refractivity contribution in [3.8, 4) is 5.75 Å². The molecule has 2 aromatic carbocycles. The van der Waals surface area contributed by atoms with Gasteiger partial charge in [0.25, 0.3) is 0 Å². The van der Waals surface area contributed by atoms with E-state index in [4.69, 9.17) is 4.74 Å². The highest BCUT2D eigenvalue weighted by Crippen LogP contribution is 2.22. The Morgan fingerprint density at radius 2 is 1.74 bits per heavy atom. The number of hydrogen-bond donors (Lipinski definition) is 1. The third-order valence-electron chi connectivity index (χ3n) is 5.83. The Hall–Kier alpha value is -3.07. The van der Waals surface area contributed by atoms with E-state index in [2.05, 4.69) is 5.32 Å². The molecule has 0 fully saturated rings. The van der Waals surface area contributed by atoms with E-state index in [0.29, 0.717) is 30.9 Å². The van der Waals surface area contributed by atoms with Gasteiger partial charge in [0.1, 0.15) is 11.8 Å². The summed E-state index contributed by atoms with van der Waals surface area (Å²) >= 11 is 0. The number of methoxy groups -OCH3 is 1. The number of ether oxygens (including phenoxy) is 1. The Kier molecular flexibility index (Phi) is 10.6. The molecule has 0 heterocycles. The zero-order valence-electron chi connectivity index (χ0n) is 21.3. The highest BCUT2D eigenvalue weighted by atomic mass is 32.2. The molecule has 192 valence electrons. The first kappa shape index (κ1) is 28.2. The van der Waals surface area contributed by atoms with Crippen LogP contribution in [0.4, 0.5) is 5.69 Å². The van der Waals surface area contributed by atoms with Gasteiger partial charge in [-0.05, 0) is 62.1 Å². The van der Waals surface area contributed by atoms with Gasteiger partial charge in [-0.15, -0.1) is 0 Å². The number of nitrogens with zero attached hydrogens (tertiary/aromatic N) is 2. The van der Waals surface area contributed by atoms with Gasteiger partial charge in [0, 0.05) is 26.1 Å². The monoisotopic (exact) mass is 503 g/mol. The van der Waals surface area contributed by atoms with Crippen molar-refractivity contribution in [3.63, 3.8) is 0 Å². The maximum absolute atomic E-state index is 13.3. The third-order valence-corrected chi connectivity index (χ3v) is 7.03. The maximum Gasteiger partial charge on any atom is 0.242 e. The molecule has 35 heavy (non-hydrogen) atoms. The summed E-state index contributed by atoms with van der Waals surface area (Å²) in [6.45, 7) is 6.66. The van der Waals surface area contributed by atoms with Crippen LogP contribution in [-0.4, -0.2) is 57.6 Å². The first-order chi connectivity index (χ1) is 16.6. The van der Waals surface area contributed by atoms with Crippen LogP contribution in [-0.2, 0) is 26.2 Å². The average Bonchev–Trinajstić information content (AvgIpc) is 2.83. The number of carbonyl (C=O) groups excluding carboxylic acids is 2. The van der Waals surface area contributed by atoms with Crippen LogP contribution >= 0.6 is 0 Å². The van der Waals surface area contributed by atoms with Gasteiger partial charge in [-0.1, -0.05) is 31.2 Å². The molecule has 0 radical (unpaired) electrons. The minimum absolute atomic E-state index is 0.111. The second kappa shape index (κ2) is 13.1. The highest BCUT2D eigenvalue weighted by Gasteiger charge is 2.26. The largest absolute Gasteiger partial charge is 0.497 e. The summed E-state index contributed by atoms with van der Waals surface area (Å²) in [5.41, 5.74) is 2.51. The quantitative estimate of drug-likeness (QED) is 0.451. The lowest BCUT2D eigenvalue weighted by molar-refractivity contribution is -0.140. The standard InChI is InChI=1S/C26H37N3O5S/c1-6-17-27-26(31)21(3)28(19-22-11-8-7-10-20(22)2)25(30)12-9-18-29(35(5,32)33)23-13-15-24(34-4)16-14-23/h7-8,10-11,13-16,21H,6,9,12,17-19H2,1-5H3,(H,27,31)/t21-/m1/s1. The lowest BCUT2D eigenvalue weighted by Crippen LogP contribution is -2.48. The van der Waals surface area contributed by atoms with Crippen LogP contribution in [0.1, 0.15) is 44.2 Å². The van der Waals surface area contributed by atoms with E-state index in [1.165, 1.54) is 4.31 Å². The normalized spacial score (nSPS) is 12.0. The molecule has 0 bridgehead atoms. The van der Waals surface area contributed by atoms with E-state index in [-0.39, 0.29) is 24.8 Å². The molecule has 0 aliphatic carbocycles. The Morgan fingerprint density at radius 1 is 1.09 bits per heavy atom. The fourth-order valence-corrected chi connectivity index (χ4v) is 4.67. The number of amides is 2. The first-order valence-corrected chi connectivity index (χ1v) is 13.7. The van der Waals surface area contributed by atoms with Crippen molar-refractivity contribution in [3.05, 3.63) is 59.7 Å². The van der Waals surface area contributed by atoms with Crippen molar-refractivity contribution in [2.45, 2.75) is 52.6 Å². The summed E-state index contributed by atoms with van der Waals surface area (Å²) < 4.78 is 31.3. The van der Waals surface area contributed by atoms with Crippen molar-refractivity contribution in [1.82, 2.24) is 10.2 Å². The Labute approximate surface area is 209 Å². The summed E-state index contributed by atoms with van der Waals surface area (Å²) in [6, 6.07) is 13.8. The molecule has 9 heteroatoms. The highest BCUT2D eigenvalue weighted by molar-refractivity contribution is 7.92. The zero-order chi connectivity index (χ0) is 26.0. The number of rotatable bonds is 13. The lowest BCUT2D eigenvalue weighted by Gasteiger charge is -2.30. The molecule has 0 aromatic heterocycles. The summed E-state index contributed by atoms with van der Waals surface area (Å²) in [6.07, 6.45) is 2.37. The molecule has 1 atom stereocenters. The molecule has 0 saturated carbocycles. The molecule has 8 nitrogen and oxygen atoms in total. The predicted molar refractivity (Wildman–Crippen MR) is 139 cm³/mol. The SMILES string of the molecule is CCCNC(=O)[C@@H](C)N(Cc1ccccc1C)C(=O)CCCN(c1ccc(OC)cc1)S(C)(=O)=O. The molecule has 2 rings (SSSR count). The Balaban J connectivity index is 2.16. The van der Waals surface area contributed by atoms with E-state index in [0.717, 1.165) is 23.8 Å². The van der Waals surface area contributed by atoms with Gasteiger partial charge in [-0.2, -0.15) is 0 Å². The Bertz CT molecular complexity index is 1090. The molecule has 0 aliphatic heterocycles. The van der Waals surface area contributed by atoms with Crippen LogP contribution in [0.3, 0.4) is 0 Å². The smallest absolute Gasteiger partial charge is 0.242 e. The predicted octanol–water partition coefficient (Wildman–Crippen LogP) is 3.49. The van der Waals surface area contributed by atoms with Crippen molar-refractivity contribution >= 4 is 27.5 Å². The van der Waals surface area contributed by atoms with Gasteiger partial charge < -0.3 is 15.0 Å². The molecule has 0 spiro atoms. The summed E-state index contributed by atoms with van der Waals surface area (Å²) in [5.74, 6) is 0.222. The van der Waals surface area contributed by atoms with Gasteiger partial charge in [0.2, 0.25) is 21.8 Å². The minimum atomic E-state index is -3.55. The number of sulfonamides is 1. The number of carbonyl (C=O) groups is 2. The lowest BCUT2D eigenvalue weighted by atomic mass is 10.1. The summed E-state index contributed by atoms with van der Waals surface area (Å²) in [7, 11) is -2.00. The van der Waals surface area contributed by atoms with Gasteiger partial charge in [-0.25, -0.2) is 8.42 Å². The second-order valence-corrected chi connectivity index (χ2v) is 10.5. The van der Waals surface area contributed by atoms with Crippen molar-refractivity contribution in [1.29, 1.82) is 0 Å². The molecule has 0 unspecified atom stereocenters. The van der Waals surface area contributed by atoms with Crippen LogP contribution in [0.25, 0.3) is 0 Å². The summed E-state index contributed by atoms with van der Waals surface area (Å²) in [5, 5.41) is 2.86. The Morgan fingerprint density at radius 3 is 2.31 bits per heavy atom. The zero-order valence-corrected chi connectivity index (χ0v) is 22.1. The molecule has 1 N–H and O–H groups in total. The molecule has 0 aliphatic rings. The minimum Gasteiger partial charge on any atom is -0.497 e. The van der Waals surface area contributed by atoms with E-state index in [9.17, 15) is 18.0 Å². The van der Waals surface area contributed by atoms with E-state index in [1.807, 2.05) is 38.1 Å². The van der Waals surface area contributed by atoms with Gasteiger partial charge >= 0.3 is 0 Å². The fraction of sp³-hybridized carbons (Fsp3) is 0.462. The molecular weight excluding hydrogens is 466 g/mol. The topological polar surface area (TPSA) is 96.0 Å². The first-order valence-electron chi connectivity index (χ1n) is 11.8. The number of hydrogen-bond acceptors (Lipinski definition) is 5. The molecule has 2 amide bonds. The molecular formula is C26H37N3O5S. The number of benzene rings is 2. The number of aryl methyl sites for hydroxylation is 1. The number of nitrogens with one attached hydrogen (secondary N) is 1. The van der Waals surface area contributed by atoms with Gasteiger partial charge in [0.15, 0.2) is 0 Å². The van der Waals surface area contributed by atoms with Crippen molar-refractivity contribution in [2.75, 3.05) is 30.8 Å². The maximum atomic E-state index is 13.3. The third kappa shape index (κ3) is 8.28. The second-order valence-electron chi connectivity index (χ2n) is 8.55. The van der Waals surface area contributed by atoms with Gasteiger partial charge in [-0.3, -0.25) is 13.9 Å². The van der Waals surface area contributed by atoms with Crippen molar-refractivity contribution < 1.29 is 22.7 Å². The van der Waals surface area contributed by atoms with Crippen LogP contribution in [0.2, 0.25) is 0 Å². The van der Waals surface area contributed by atoms with Crippen LogP contribution in [0.5, 0.6) is 5.75 Å². The fourth-order valence-electron chi connectivity index (χ4n) is 3.70. The number of anilines is 1. The van der Waals surface area contributed by atoms with Crippen LogP contribution < -0.4 is 14.4 Å². The van der Waals surface area contributed by atoms with Crippen LogP contribution in [0, 0.1) is 6.92 Å². The molecule has 2 aromatic rings. The van der Waals surface area contributed by atoms with E-state index < -0.39 is 16.1 Å². The van der Waals surface area contributed by atoms with E-state index >= 15 is 0 Å². The van der Waals surface area contributed by atoms with Crippen molar-refractivity contribution in [2.24, 2.45) is 0 Å². The van der Waals surface area contributed by atoms with Crippen LogP contribution in [0.15, 0.2) is 48.5 Å². The van der Waals surface area contributed by atoms with Gasteiger partial charge in [0.05, 0.1) is 19.1 Å². The average molecular weight is 504 g/mol.